The Balaban J connectivity index is 2.24. The summed E-state index contributed by atoms with van der Waals surface area (Å²) >= 11 is 11.3. The van der Waals surface area contributed by atoms with Crippen LogP contribution in [0.15, 0.2) is 12.1 Å². The second kappa shape index (κ2) is 6.66. The maximum absolute atomic E-state index is 13.3. The van der Waals surface area contributed by atoms with E-state index in [2.05, 4.69) is 4.72 Å². The van der Waals surface area contributed by atoms with Gasteiger partial charge in [0.1, 0.15) is 0 Å². The SMILES string of the molecule is NCC1CCCCN1S(=O)(=O)Nc1cc(Cl)c(F)c(Cl)c1. The highest BCUT2D eigenvalue weighted by Crippen LogP contribution is 2.29. The van der Waals surface area contributed by atoms with Crippen LogP contribution in [0.1, 0.15) is 19.3 Å². The Bertz CT molecular complexity index is 604. The molecule has 5 nitrogen and oxygen atoms in total. The summed E-state index contributed by atoms with van der Waals surface area (Å²) in [5, 5.41) is -0.483. The van der Waals surface area contributed by atoms with E-state index >= 15 is 0 Å². The van der Waals surface area contributed by atoms with Crippen LogP contribution >= 0.6 is 23.2 Å². The van der Waals surface area contributed by atoms with Gasteiger partial charge < -0.3 is 5.73 Å². The van der Waals surface area contributed by atoms with E-state index in [-0.39, 0.29) is 28.3 Å². The lowest BCUT2D eigenvalue weighted by Crippen LogP contribution is -2.49. The van der Waals surface area contributed by atoms with E-state index in [0.717, 1.165) is 19.3 Å². The molecule has 1 heterocycles. The third-order valence-electron chi connectivity index (χ3n) is 3.38. The second-order valence-electron chi connectivity index (χ2n) is 4.86. The molecule has 9 heteroatoms. The topological polar surface area (TPSA) is 75.4 Å². The van der Waals surface area contributed by atoms with Crippen molar-refractivity contribution in [3.63, 3.8) is 0 Å². The number of nitrogens with zero attached hydrogens (tertiary/aromatic N) is 1. The summed E-state index contributed by atoms with van der Waals surface area (Å²) in [4.78, 5) is 0. The van der Waals surface area contributed by atoms with Gasteiger partial charge in [0.05, 0.1) is 15.7 Å². The third kappa shape index (κ3) is 3.78. The lowest BCUT2D eigenvalue weighted by atomic mass is 10.1. The van der Waals surface area contributed by atoms with E-state index in [1.165, 1.54) is 16.4 Å². The van der Waals surface area contributed by atoms with E-state index in [1.807, 2.05) is 0 Å². The summed E-state index contributed by atoms with van der Waals surface area (Å²) in [5.74, 6) is -0.779. The maximum atomic E-state index is 13.3. The summed E-state index contributed by atoms with van der Waals surface area (Å²) in [6.07, 6.45) is 2.45. The second-order valence-corrected chi connectivity index (χ2v) is 7.29. The normalized spacial score (nSPS) is 20.5. The molecule has 0 aromatic heterocycles. The van der Waals surface area contributed by atoms with Crippen molar-refractivity contribution in [1.29, 1.82) is 0 Å². The van der Waals surface area contributed by atoms with E-state index in [1.54, 1.807) is 0 Å². The van der Waals surface area contributed by atoms with Gasteiger partial charge in [0, 0.05) is 19.1 Å². The van der Waals surface area contributed by atoms with Crippen molar-refractivity contribution < 1.29 is 12.8 Å². The number of nitrogens with two attached hydrogens (primary N) is 1. The predicted molar refractivity (Wildman–Crippen MR) is 82.4 cm³/mol. The van der Waals surface area contributed by atoms with Gasteiger partial charge in [-0.2, -0.15) is 12.7 Å². The minimum absolute atomic E-state index is 0.118. The minimum Gasteiger partial charge on any atom is -0.329 e. The van der Waals surface area contributed by atoms with E-state index in [9.17, 15) is 12.8 Å². The maximum Gasteiger partial charge on any atom is 0.301 e. The van der Waals surface area contributed by atoms with Crippen LogP contribution in [0.25, 0.3) is 0 Å². The number of piperidine rings is 1. The molecule has 0 saturated carbocycles. The van der Waals surface area contributed by atoms with Crippen LogP contribution < -0.4 is 10.5 Å². The van der Waals surface area contributed by atoms with E-state index in [0.29, 0.717) is 6.54 Å². The molecule has 1 aliphatic heterocycles. The van der Waals surface area contributed by atoms with E-state index in [4.69, 9.17) is 28.9 Å². The average Bonchev–Trinajstić information content (AvgIpc) is 2.44. The summed E-state index contributed by atoms with van der Waals surface area (Å²) in [6, 6.07) is 2.13. The quantitative estimate of drug-likeness (QED) is 0.815. The zero-order valence-electron chi connectivity index (χ0n) is 11.2. The molecule has 0 radical (unpaired) electrons. The molecule has 1 aromatic carbocycles. The standard InChI is InChI=1S/C12H16Cl2FN3O2S/c13-10-5-8(6-11(14)12(10)15)17-21(19,20)18-4-2-1-3-9(18)7-16/h5-6,9,17H,1-4,7,16H2. The van der Waals surface area contributed by atoms with Gasteiger partial charge in [-0.05, 0) is 25.0 Å². The smallest absolute Gasteiger partial charge is 0.301 e. The molecule has 1 aliphatic rings. The van der Waals surface area contributed by atoms with Crippen LogP contribution in [0, 0.1) is 5.82 Å². The fourth-order valence-electron chi connectivity index (χ4n) is 2.35. The molecule has 2 rings (SSSR count). The van der Waals surface area contributed by atoms with Gasteiger partial charge in [-0.3, -0.25) is 4.72 Å². The summed E-state index contributed by atoms with van der Waals surface area (Å²) in [6.45, 7) is 0.658. The number of benzene rings is 1. The van der Waals surface area contributed by atoms with Crippen molar-refractivity contribution in [3.05, 3.63) is 28.0 Å². The van der Waals surface area contributed by atoms with Crippen LogP contribution in [-0.2, 0) is 10.2 Å². The largest absolute Gasteiger partial charge is 0.329 e. The van der Waals surface area contributed by atoms with Crippen molar-refractivity contribution >= 4 is 39.1 Å². The molecule has 1 atom stereocenters. The van der Waals surface area contributed by atoms with Crippen molar-refractivity contribution in [3.8, 4) is 0 Å². The highest BCUT2D eigenvalue weighted by atomic mass is 35.5. The number of nitrogens with one attached hydrogen (secondary N) is 1. The highest BCUT2D eigenvalue weighted by molar-refractivity contribution is 7.90. The first-order valence-electron chi connectivity index (χ1n) is 6.49. The highest BCUT2D eigenvalue weighted by Gasteiger charge is 2.31. The van der Waals surface area contributed by atoms with Crippen molar-refractivity contribution in [2.24, 2.45) is 5.73 Å². The molecule has 0 amide bonds. The first-order valence-corrected chi connectivity index (χ1v) is 8.69. The zero-order chi connectivity index (χ0) is 15.6. The van der Waals surface area contributed by atoms with E-state index < -0.39 is 16.0 Å². The lowest BCUT2D eigenvalue weighted by Gasteiger charge is -2.33. The number of hydrogen-bond donors (Lipinski definition) is 2. The number of anilines is 1. The fourth-order valence-corrected chi connectivity index (χ4v) is 4.32. The van der Waals surface area contributed by atoms with Crippen molar-refractivity contribution in [1.82, 2.24) is 4.31 Å². The zero-order valence-corrected chi connectivity index (χ0v) is 13.5. The Labute approximate surface area is 133 Å². The monoisotopic (exact) mass is 355 g/mol. The lowest BCUT2D eigenvalue weighted by molar-refractivity contribution is 0.259. The summed E-state index contributed by atoms with van der Waals surface area (Å²) in [5.41, 5.74) is 5.74. The Morgan fingerprint density at radius 2 is 1.95 bits per heavy atom. The summed E-state index contributed by atoms with van der Waals surface area (Å²) in [7, 11) is -3.78. The van der Waals surface area contributed by atoms with Gasteiger partial charge >= 0.3 is 10.2 Å². The van der Waals surface area contributed by atoms with Crippen LogP contribution in [0.5, 0.6) is 0 Å². The fraction of sp³-hybridized carbons (Fsp3) is 0.500. The van der Waals surface area contributed by atoms with Gasteiger partial charge in [0.25, 0.3) is 0 Å². The van der Waals surface area contributed by atoms with Gasteiger partial charge in [0.15, 0.2) is 5.82 Å². The third-order valence-corrected chi connectivity index (χ3v) is 5.53. The van der Waals surface area contributed by atoms with Crippen LogP contribution in [0.3, 0.4) is 0 Å². The Morgan fingerprint density at radius 3 is 2.52 bits per heavy atom. The summed E-state index contributed by atoms with van der Waals surface area (Å²) < 4.78 is 41.9. The van der Waals surface area contributed by atoms with Crippen LogP contribution in [0.4, 0.5) is 10.1 Å². The first-order chi connectivity index (χ1) is 9.85. The minimum atomic E-state index is -3.78. The number of hydrogen-bond acceptors (Lipinski definition) is 3. The average molecular weight is 356 g/mol. The molecule has 1 saturated heterocycles. The first kappa shape index (κ1) is 16.8. The predicted octanol–water partition coefficient (Wildman–Crippen LogP) is 2.60. The molecule has 1 unspecified atom stereocenters. The molecule has 118 valence electrons. The number of halogens is 3. The van der Waals surface area contributed by atoms with Crippen molar-refractivity contribution in [2.75, 3.05) is 17.8 Å². The van der Waals surface area contributed by atoms with Crippen LogP contribution in [-0.4, -0.2) is 31.9 Å². The van der Waals surface area contributed by atoms with Crippen molar-refractivity contribution in [2.45, 2.75) is 25.3 Å². The molecule has 21 heavy (non-hydrogen) atoms. The Kier molecular flexibility index (Phi) is 5.32. The molecule has 0 aliphatic carbocycles. The molecular weight excluding hydrogens is 340 g/mol. The molecule has 0 bridgehead atoms. The van der Waals surface area contributed by atoms with Gasteiger partial charge in [0.2, 0.25) is 0 Å². The van der Waals surface area contributed by atoms with Gasteiger partial charge in [-0.25, -0.2) is 4.39 Å². The number of rotatable bonds is 4. The molecule has 3 N–H and O–H groups in total. The molecular formula is C12H16Cl2FN3O2S. The molecule has 0 spiro atoms. The van der Waals surface area contributed by atoms with Crippen LogP contribution in [0.2, 0.25) is 10.0 Å². The Hall–Kier alpha value is -0.600. The molecule has 1 fully saturated rings. The Morgan fingerprint density at radius 1 is 1.33 bits per heavy atom. The van der Waals surface area contributed by atoms with Gasteiger partial charge in [-0.1, -0.05) is 29.6 Å². The molecule has 1 aromatic rings. The van der Waals surface area contributed by atoms with Gasteiger partial charge in [-0.15, -0.1) is 0 Å².